The number of ketones is 1. The topological polar surface area (TPSA) is 52.6 Å². The smallest absolute Gasteiger partial charge is 0.313 e. The van der Waals surface area contributed by atoms with E-state index in [9.17, 15) is 9.59 Å². The molecule has 2 rings (SSSR count). The summed E-state index contributed by atoms with van der Waals surface area (Å²) >= 11 is 1.51. The zero-order chi connectivity index (χ0) is 15.1. The monoisotopic (exact) mass is 304 g/mol. The molecule has 2 aromatic rings. The summed E-state index contributed by atoms with van der Waals surface area (Å²) in [7, 11) is 1.59. The fourth-order valence-corrected chi connectivity index (χ4v) is 2.50. The molecular weight excluding hydrogens is 288 g/mol. The number of thiophene rings is 1. The molecular formula is C16H16O4S. The van der Waals surface area contributed by atoms with E-state index >= 15 is 0 Å². The number of carbonyl (C=O) groups excluding carboxylic acids is 2. The van der Waals surface area contributed by atoms with Gasteiger partial charge in [0.05, 0.1) is 7.11 Å². The number of carbonyl (C=O) groups is 2. The summed E-state index contributed by atoms with van der Waals surface area (Å²) in [5.74, 6) is 0.126. The molecule has 1 aromatic heterocycles. The van der Waals surface area contributed by atoms with Crippen LogP contribution in [0.1, 0.15) is 16.9 Å². The van der Waals surface area contributed by atoms with Gasteiger partial charge in [-0.05, 0) is 29.1 Å². The highest BCUT2D eigenvalue weighted by molar-refractivity contribution is 7.10. The van der Waals surface area contributed by atoms with Crippen LogP contribution in [-0.2, 0) is 27.4 Å². The molecule has 0 N–H and O–H groups in total. The molecule has 0 atom stereocenters. The van der Waals surface area contributed by atoms with Gasteiger partial charge in [-0.1, -0.05) is 18.2 Å². The van der Waals surface area contributed by atoms with Crippen molar-refractivity contribution < 1.29 is 19.1 Å². The predicted molar refractivity (Wildman–Crippen MR) is 80.4 cm³/mol. The summed E-state index contributed by atoms with van der Waals surface area (Å²) in [5, 5.41) is 1.91. The van der Waals surface area contributed by atoms with E-state index in [4.69, 9.17) is 9.47 Å². The van der Waals surface area contributed by atoms with Crippen LogP contribution in [0.15, 0.2) is 41.8 Å². The molecule has 0 aliphatic rings. The first-order valence-electron chi connectivity index (χ1n) is 6.50. The molecule has 0 saturated heterocycles. The summed E-state index contributed by atoms with van der Waals surface area (Å²) in [6.45, 7) is 0.162. The molecule has 1 heterocycles. The molecule has 0 amide bonds. The van der Waals surface area contributed by atoms with Gasteiger partial charge in [0.15, 0.2) is 0 Å². The van der Waals surface area contributed by atoms with Crippen molar-refractivity contribution in [1.29, 1.82) is 0 Å². The second kappa shape index (κ2) is 7.59. The average Bonchev–Trinajstić information content (AvgIpc) is 2.98. The first-order chi connectivity index (χ1) is 10.2. The van der Waals surface area contributed by atoms with Crippen LogP contribution < -0.4 is 4.74 Å². The zero-order valence-corrected chi connectivity index (χ0v) is 12.5. The van der Waals surface area contributed by atoms with Crippen molar-refractivity contribution in [3.63, 3.8) is 0 Å². The van der Waals surface area contributed by atoms with Crippen LogP contribution >= 0.6 is 11.3 Å². The lowest BCUT2D eigenvalue weighted by atomic mass is 10.2. The third-order valence-corrected chi connectivity index (χ3v) is 3.73. The SMILES string of the molecule is COc1ccc(COC(=O)CC(=O)Cc2cccs2)cc1. The van der Waals surface area contributed by atoms with Crippen LogP contribution in [0.3, 0.4) is 0 Å². The van der Waals surface area contributed by atoms with Crippen molar-refractivity contribution in [3.05, 3.63) is 52.2 Å². The second-order valence-electron chi connectivity index (χ2n) is 4.48. The number of ether oxygens (including phenoxy) is 2. The summed E-state index contributed by atoms with van der Waals surface area (Å²) < 4.78 is 10.1. The lowest BCUT2D eigenvalue weighted by Gasteiger charge is -2.05. The lowest BCUT2D eigenvalue weighted by molar-refractivity contribution is -0.147. The fraction of sp³-hybridized carbons (Fsp3) is 0.250. The number of hydrogen-bond acceptors (Lipinski definition) is 5. The van der Waals surface area contributed by atoms with Crippen LogP contribution in [0.4, 0.5) is 0 Å². The Kier molecular flexibility index (Phi) is 5.51. The van der Waals surface area contributed by atoms with Gasteiger partial charge in [-0.25, -0.2) is 0 Å². The third kappa shape index (κ3) is 5.04. The molecule has 21 heavy (non-hydrogen) atoms. The summed E-state index contributed by atoms with van der Waals surface area (Å²) in [6.07, 6.45) is 0.101. The summed E-state index contributed by atoms with van der Waals surface area (Å²) in [4.78, 5) is 24.3. The number of hydrogen-bond donors (Lipinski definition) is 0. The number of benzene rings is 1. The quantitative estimate of drug-likeness (QED) is 0.583. The van der Waals surface area contributed by atoms with Gasteiger partial charge in [-0.15, -0.1) is 11.3 Å². The minimum atomic E-state index is -0.493. The van der Waals surface area contributed by atoms with Gasteiger partial charge in [0.2, 0.25) is 0 Å². The number of esters is 1. The van der Waals surface area contributed by atoms with Crippen LogP contribution in [-0.4, -0.2) is 18.9 Å². The Hall–Kier alpha value is -2.14. The Labute approximate surface area is 127 Å². The third-order valence-electron chi connectivity index (χ3n) is 2.85. The van der Waals surface area contributed by atoms with E-state index in [1.54, 1.807) is 19.2 Å². The van der Waals surface area contributed by atoms with Crippen LogP contribution in [0.25, 0.3) is 0 Å². The molecule has 4 nitrogen and oxygen atoms in total. The molecule has 0 bridgehead atoms. The predicted octanol–water partition coefficient (Wildman–Crippen LogP) is 3.00. The Morgan fingerprint density at radius 1 is 1.14 bits per heavy atom. The minimum absolute atomic E-state index is 0.128. The van der Waals surface area contributed by atoms with E-state index in [0.29, 0.717) is 0 Å². The lowest BCUT2D eigenvalue weighted by Crippen LogP contribution is -2.12. The van der Waals surface area contributed by atoms with Crippen molar-refractivity contribution in [2.45, 2.75) is 19.4 Å². The Balaban J connectivity index is 1.74. The van der Waals surface area contributed by atoms with Gasteiger partial charge in [0.25, 0.3) is 0 Å². The van der Waals surface area contributed by atoms with Crippen LogP contribution in [0.2, 0.25) is 0 Å². The molecule has 0 fully saturated rings. The standard InChI is InChI=1S/C16H16O4S/c1-19-14-6-4-12(5-7-14)11-20-16(18)10-13(17)9-15-3-2-8-21-15/h2-8H,9-11H2,1H3. The van der Waals surface area contributed by atoms with E-state index in [-0.39, 0.29) is 25.2 Å². The van der Waals surface area contributed by atoms with Crippen molar-refractivity contribution in [1.82, 2.24) is 0 Å². The second-order valence-corrected chi connectivity index (χ2v) is 5.51. The highest BCUT2D eigenvalue weighted by Gasteiger charge is 2.12. The van der Waals surface area contributed by atoms with Gasteiger partial charge in [-0.2, -0.15) is 0 Å². The zero-order valence-electron chi connectivity index (χ0n) is 11.7. The van der Waals surface area contributed by atoms with Crippen molar-refractivity contribution in [2.24, 2.45) is 0 Å². The highest BCUT2D eigenvalue weighted by Crippen LogP contribution is 2.13. The highest BCUT2D eigenvalue weighted by atomic mass is 32.1. The van der Waals surface area contributed by atoms with Gasteiger partial charge < -0.3 is 9.47 Å². The molecule has 0 radical (unpaired) electrons. The number of Topliss-reactive ketones (excluding diaryl/α,β-unsaturated/α-hetero) is 1. The Bertz CT molecular complexity index is 587. The first-order valence-corrected chi connectivity index (χ1v) is 7.38. The molecule has 0 saturated carbocycles. The van der Waals surface area contributed by atoms with Gasteiger partial charge in [0.1, 0.15) is 24.6 Å². The largest absolute Gasteiger partial charge is 0.497 e. The fourth-order valence-electron chi connectivity index (χ4n) is 1.77. The summed E-state index contributed by atoms with van der Waals surface area (Å²) in [5.41, 5.74) is 0.856. The maximum atomic E-state index is 11.7. The van der Waals surface area contributed by atoms with Gasteiger partial charge in [-0.3, -0.25) is 9.59 Å². The number of rotatable bonds is 7. The maximum absolute atomic E-state index is 11.7. The van der Waals surface area contributed by atoms with Crippen molar-refractivity contribution in [2.75, 3.05) is 7.11 Å². The first kappa shape index (κ1) is 15.3. The van der Waals surface area contributed by atoms with Crippen LogP contribution in [0, 0.1) is 0 Å². The van der Waals surface area contributed by atoms with E-state index in [1.165, 1.54) is 11.3 Å². The van der Waals surface area contributed by atoms with Crippen molar-refractivity contribution in [3.8, 4) is 5.75 Å². The van der Waals surface area contributed by atoms with Crippen molar-refractivity contribution >= 4 is 23.1 Å². The molecule has 110 valence electrons. The minimum Gasteiger partial charge on any atom is -0.497 e. The molecule has 0 aliphatic carbocycles. The van der Waals surface area contributed by atoms with Gasteiger partial charge in [0, 0.05) is 11.3 Å². The van der Waals surface area contributed by atoms with E-state index < -0.39 is 5.97 Å². The molecule has 0 aliphatic heterocycles. The van der Waals surface area contributed by atoms with E-state index in [2.05, 4.69) is 0 Å². The Morgan fingerprint density at radius 3 is 2.52 bits per heavy atom. The van der Waals surface area contributed by atoms with Gasteiger partial charge >= 0.3 is 5.97 Å². The normalized spacial score (nSPS) is 10.1. The number of methoxy groups -OCH3 is 1. The maximum Gasteiger partial charge on any atom is 0.313 e. The van der Waals surface area contributed by atoms with Crippen LogP contribution in [0.5, 0.6) is 5.75 Å². The van der Waals surface area contributed by atoms with E-state index in [1.807, 2.05) is 29.6 Å². The Morgan fingerprint density at radius 2 is 1.90 bits per heavy atom. The molecule has 5 heteroatoms. The molecule has 0 spiro atoms. The van der Waals surface area contributed by atoms with E-state index in [0.717, 1.165) is 16.2 Å². The molecule has 1 aromatic carbocycles. The average molecular weight is 304 g/mol. The summed E-state index contributed by atoms with van der Waals surface area (Å²) in [6, 6.07) is 11.0. The molecule has 0 unspecified atom stereocenters.